The second kappa shape index (κ2) is 9.55. The zero-order valence-electron chi connectivity index (χ0n) is 17.5. The normalized spacial score (nSPS) is 13.2. The maximum atomic E-state index is 13.8. The highest BCUT2D eigenvalue weighted by Crippen LogP contribution is 2.54. The van der Waals surface area contributed by atoms with Gasteiger partial charge in [-0.2, -0.15) is 5.26 Å². The number of hydrogen-bond donors (Lipinski definition) is 0. The molecule has 0 heterocycles. The number of unbranched alkanes of at least 4 members (excludes halogenated alkanes) is 1. The molecule has 0 aromatic heterocycles. The van der Waals surface area contributed by atoms with Crippen LogP contribution in [0.15, 0.2) is 97.6 Å². The predicted molar refractivity (Wildman–Crippen MR) is 122 cm³/mol. The molecular formula is C28H28FN. The first kappa shape index (κ1) is 21.5. The fourth-order valence-corrected chi connectivity index (χ4v) is 4.74. The van der Waals surface area contributed by atoms with E-state index in [1.807, 2.05) is 42.5 Å². The van der Waals surface area contributed by atoms with Gasteiger partial charge in [0.25, 0.3) is 0 Å². The monoisotopic (exact) mass is 397 g/mol. The molecule has 0 saturated heterocycles. The summed E-state index contributed by atoms with van der Waals surface area (Å²) in [7, 11) is 0. The quantitative estimate of drug-likeness (QED) is 0.347. The Hall–Kier alpha value is -3.18. The summed E-state index contributed by atoms with van der Waals surface area (Å²) >= 11 is 0. The summed E-state index contributed by atoms with van der Waals surface area (Å²) in [6.07, 6.45) is 5.06. The summed E-state index contributed by atoms with van der Waals surface area (Å²) < 4.78 is 13.8. The number of nitrogens with zero attached hydrogens (tertiary/aromatic N) is 1. The van der Waals surface area contributed by atoms with Crippen LogP contribution in [0, 0.1) is 17.1 Å². The Morgan fingerprint density at radius 1 is 0.867 bits per heavy atom. The molecule has 0 spiro atoms. The van der Waals surface area contributed by atoms with E-state index in [0.29, 0.717) is 6.42 Å². The Balaban J connectivity index is 2.44. The van der Waals surface area contributed by atoms with Crippen LogP contribution in [0.3, 0.4) is 0 Å². The van der Waals surface area contributed by atoms with Crippen molar-refractivity contribution < 1.29 is 4.39 Å². The Morgan fingerprint density at radius 2 is 1.40 bits per heavy atom. The Labute approximate surface area is 179 Å². The van der Waals surface area contributed by atoms with Crippen LogP contribution in [0.1, 0.15) is 49.3 Å². The van der Waals surface area contributed by atoms with Gasteiger partial charge < -0.3 is 0 Å². The minimum Gasteiger partial charge on any atom is -0.207 e. The molecule has 0 amide bonds. The van der Waals surface area contributed by atoms with Crippen molar-refractivity contribution in [2.45, 2.75) is 43.4 Å². The molecule has 0 N–H and O–H groups in total. The number of hydrogen-bond acceptors (Lipinski definition) is 1. The SMILES string of the molecule is C=CCC(C#N)(c1ccc(F)cc1)C(CCCC)(c1ccccc1)c1ccccc1. The van der Waals surface area contributed by atoms with E-state index in [-0.39, 0.29) is 5.82 Å². The largest absolute Gasteiger partial charge is 0.207 e. The fraction of sp³-hybridized carbons (Fsp3) is 0.250. The van der Waals surface area contributed by atoms with Crippen LogP contribution >= 0.6 is 0 Å². The molecule has 0 bridgehead atoms. The molecule has 152 valence electrons. The van der Waals surface area contributed by atoms with Gasteiger partial charge in [-0.25, -0.2) is 4.39 Å². The molecule has 30 heavy (non-hydrogen) atoms. The molecule has 3 rings (SSSR count). The van der Waals surface area contributed by atoms with Crippen molar-refractivity contribution in [3.8, 4) is 6.07 Å². The molecule has 0 radical (unpaired) electrons. The molecule has 1 nitrogen and oxygen atoms in total. The lowest BCUT2D eigenvalue weighted by atomic mass is 9.51. The number of allylic oxidation sites excluding steroid dienone is 1. The number of benzene rings is 3. The van der Waals surface area contributed by atoms with Crippen molar-refractivity contribution in [1.82, 2.24) is 0 Å². The van der Waals surface area contributed by atoms with E-state index in [2.05, 4.69) is 43.8 Å². The third kappa shape index (κ3) is 3.68. The molecule has 2 heteroatoms. The summed E-state index contributed by atoms with van der Waals surface area (Å²) in [6.45, 7) is 6.16. The lowest BCUT2D eigenvalue weighted by Gasteiger charge is -2.48. The highest BCUT2D eigenvalue weighted by atomic mass is 19.1. The lowest BCUT2D eigenvalue weighted by molar-refractivity contribution is 0.298. The second-order valence-electron chi connectivity index (χ2n) is 7.76. The Morgan fingerprint density at radius 3 is 1.83 bits per heavy atom. The third-order valence-corrected chi connectivity index (χ3v) is 6.15. The summed E-state index contributed by atoms with van der Waals surface area (Å²) in [5.74, 6) is -0.303. The van der Waals surface area contributed by atoms with E-state index in [1.54, 1.807) is 12.1 Å². The predicted octanol–water partition coefficient (Wildman–Crippen LogP) is 7.34. The molecule has 0 saturated carbocycles. The van der Waals surface area contributed by atoms with Crippen molar-refractivity contribution in [3.05, 3.63) is 120 Å². The summed E-state index contributed by atoms with van der Waals surface area (Å²) in [6, 6.07) is 29.7. The van der Waals surface area contributed by atoms with Gasteiger partial charge in [0.1, 0.15) is 5.82 Å². The number of nitriles is 1. The number of rotatable bonds is 9. The van der Waals surface area contributed by atoms with Gasteiger partial charge in [-0.1, -0.05) is 98.6 Å². The summed E-state index contributed by atoms with van der Waals surface area (Å²) in [5.41, 5.74) is 1.47. The minimum absolute atomic E-state index is 0.303. The van der Waals surface area contributed by atoms with Crippen LogP contribution in [-0.4, -0.2) is 0 Å². The first-order valence-corrected chi connectivity index (χ1v) is 10.5. The molecule has 0 aliphatic heterocycles. The molecular weight excluding hydrogens is 369 g/mol. The lowest BCUT2D eigenvalue weighted by Crippen LogP contribution is -2.49. The highest BCUT2D eigenvalue weighted by molar-refractivity contribution is 5.53. The molecule has 0 aliphatic rings. The Kier molecular flexibility index (Phi) is 6.85. The van der Waals surface area contributed by atoms with Gasteiger partial charge in [0.2, 0.25) is 0 Å². The van der Waals surface area contributed by atoms with E-state index in [0.717, 1.165) is 36.0 Å². The zero-order chi connectivity index (χ0) is 21.5. The van der Waals surface area contributed by atoms with E-state index in [1.165, 1.54) is 12.1 Å². The van der Waals surface area contributed by atoms with Gasteiger partial charge in [0.05, 0.1) is 11.5 Å². The molecule has 0 aliphatic carbocycles. The van der Waals surface area contributed by atoms with Crippen LogP contribution in [0.5, 0.6) is 0 Å². The first-order valence-electron chi connectivity index (χ1n) is 10.5. The topological polar surface area (TPSA) is 23.8 Å². The van der Waals surface area contributed by atoms with Crippen molar-refractivity contribution in [3.63, 3.8) is 0 Å². The van der Waals surface area contributed by atoms with Crippen LogP contribution in [0.2, 0.25) is 0 Å². The number of halogens is 1. The summed E-state index contributed by atoms with van der Waals surface area (Å²) in [5, 5.41) is 10.8. The maximum Gasteiger partial charge on any atom is 0.123 e. The Bertz CT molecular complexity index is 947. The van der Waals surface area contributed by atoms with Crippen LogP contribution in [-0.2, 0) is 10.8 Å². The van der Waals surface area contributed by atoms with Gasteiger partial charge in [0, 0.05) is 5.41 Å². The average molecular weight is 398 g/mol. The van der Waals surface area contributed by atoms with E-state index >= 15 is 0 Å². The van der Waals surface area contributed by atoms with Crippen molar-refractivity contribution in [2.75, 3.05) is 0 Å². The maximum absolute atomic E-state index is 13.8. The van der Waals surface area contributed by atoms with E-state index in [4.69, 9.17) is 0 Å². The highest BCUT2D eigenvalue weighted by Gasteiger charge is 2.54. The van der Waals surface area contributed by atoms with Gasteiger partial charge in [-0.05, 0) is 41.7 Å². The zero-order valence-corrected chi connectivity index (χ0v) is 17.5. The van der Waals surface area contributed by atoms with Crippen molar-refractivity contribution >= 4 is 0 Å². The standard InChI is InChI=1S/C28H28FN/c1-3-5-21-28(24-12-8-6-9-13-24,25-14-10-7-11-15-25)27(22-30,20-4-2)23-16-18-26(29)19-17-23/h4,6-19H,2-3,5,20-21H2,1H3. The molecule has 3 aromatic rings. The molecule has 0 fully saturated rings. The van der Waals surface area contributed by atoms with Crippen molar-refractivity contribution in [1.29, 1.82) is 5.26 Å². The van der Waals surface area contributed by atoms with Gasteiger partial charge in [-0.3, -0.25) is 0 Å². The summed E-state index contributed by atoms with van der Waals surface area (Å²) in [4.78, 5) is 0. The van der Waals surface area contributed by atoms with Crippen LogP contribution < -0.4 is 0 Å². The van der Waals surface area contributed by atoms with Gasteiger partial charge in [0.15, 0.2) is 0 Å². The van der Waals surface area contributed by atoms with Crippen LogP contribution in [0.25, 0.3) is 0 Å². The smallest absolute Gasteiger partial charge is 0.123 e. The van der Waals surface area contributed by atoms with Gasteiger partial charge >= 0.3 is 0 Å². The van der Waals surface area contributed by atoms with E-state index < -0.39 is 10.8 Å². The first-order chi connectivity index (χ1) is 14.6. The average Bonchev–Trinajstić information content (AvgIpc) is 2.80. The minimum atomic E-state index is -0.930. The fourth-order valence-electron chi connectivity index (χ4n) is 4.74. The van der Waals surface area contributed by atoms with E-state index in [9.17, 15) is 9.65 Å². The second-order valence-corrected chi connectivity index (χ2v) is 7.76. The van der Waals surface area contributed by atoms with Crippen molar-refractivity contribution in [2.24, 2.45) is 0 Å². The molecule has 1 atom stereocenters. The van der Waals surface area contributed by atoms with Crippen LogP contribution in [0.4, 0.5) is 4.39 Å². The molecule has 3 aromatic carbocycles. The molecule has 1 unspecified atom stereocenters. The third-order valence-electron chi connectivity index (χ3n) is 6.15. The van der Waals surface area contributed by atoms with Gasteiger partial charge in [-0.15, -0.1) is 6.58 Å².